The van der Waals surface area contributed by atoms with Crippen LogP contribution in [0.4, 0.5) is 0 Å². The largest absolute Gasteiger partial charge is 0.329 e. The summed E-state index contributed by atoms with van der Waals surface area (Å²) in [6, 6.07) is 30.2. The topological polar surface area (TPSA) is 13.2 Å². The molecule has 0 saturated carbocycles. The van der Waals surface area contributed by atoms with Crippen LogP contribution in [-0.2, 0) is 7.05 Å². The van der Waals surface area contributed by atoms with Crippen molar-refractivity contribution in [1.82, 2.24) is 8.97 Å². The Morgan fingerprint density at radius 2 is 1.33 bits per heavy atom. The van der Waals surface area contributed by atoms with Gasteiger partial charge in [0.05, 0.1) is 15.9 Å². The van der Waals surface area contributed by atoms with Gasteiger partial charge in [0, 0.05) is 37.2 Å². The van der Waals surface area contributed by atoms with Crippen molar-refractivity contribution in [3.63, 3.8) is 0 Å². The second-order valence-corrected chi connectivity index (χ2v) is 9.84. The highest BCUT2D eigenvalue weighted by atomic mass is 32.1. The third-order valence-corrected chi connectivity index (χ3v) is 7.93. The summed E-state index contributed by atoms with van der Waals surface area (Å²) in [6.45, 7) is 6.72. The maximum Gasteiger partial charge on any atom is 0.293 e. The Hall–Kier alpha value is -3.63. The number of nitrogens with zero attached hydrogens (tertiary/aromatic N) is 3. The highest BCUT2D eigenvalue weighted by Gasteiger charge is 2.33. The molecule has 3 heterocycles. The van der Waals surface area contributed by atoms with E-state index >= 15 is 0 Å². The van der Waals surface area contributed by atoms with Gasteiger partial charge in [-0.3, -0.25) is 4.40 Å². The van der Waals surface area contributed by atoms with Gasteiger partial charge in [-0.25, -0.2) is 0 Å². The van der Waals surface area contributed by atoms with E-state index in [9.17, 15) is 0 Å². The van der Waals surface area contributed by atoms with Crippen molar-refractivity contribution in [1.29, 1.82) is 0 Å². The molecule has 6 rings (SSSR count). The van der Waals surface area contributed by atoms with Crippen LogP contribution in [0.5, 0.6) is 0 Å². The normalized spacial score (nSPS) is 11.6. The van der Waals surface area contributed by atoms with Crippen molar-refractivity contribution in [3.8, 4) is 27.5 Å². The Morgan fingerprint density at radius 1 is 0.727 bits per heavy atom. The van der Waals surface area contributed by atoms with Crippen molar-refractivity contribution in [2.45, 2.75) is 20.8 Å². The molecule has 0 aliphatic heterocycles. The van der Waals surface area contributed by atoms with E-state index in [1.807, 2.05) is 11.3 Å². The van der Waals surface area contributed by atoms with Gasteiger partial charge in [0.25, 0.3) is 5.01 Å². The lowest BCUT2D eigenvalue weighted by molar-refractivity contribution is -0.586. The monoisotopic (exact) mass is 448 g/mol. The van der Waals surface area contributed by atoms with Gasteiger partial charge in [-0.1, -0.05) is 72.0 Å². The molecule has 0 aliphatic rings. The predicted molar refractivity (Wildman–Crippen MR) is 138 cm³/mol. The van der Waals surface area contributed by atoms with Gasteiger partial charge in [0.1, 0.15) is 11.3 Å². The van der Waals surface area contributed by atoms with Crippen molar-refractivity contribution in [2.24, 2.45) is 7.05 Å². The minimum atomic E-state index is 1.20. The van der Waals surface area contributed by atoms with Gasteiger partial charge in [0.2, 0.25) is 5.69 Å². The molecule has 4 heteroatoms. The molecular weight excluding hydrogens is 422 g/mol. The maximum absolute atomic E-state index is 2.47. The molecule has 6 aromatic rings. The summed E-state index contributed by atoms with van der Waals surface area (Å²) in [5, 5.41) is 1.26. The molecule has 162 valence electrons. The lowest BCUT2D eigenvalue weighted by Gasteiger charge is -2.06. The smallest absolute Gasteiger partial charge is 0.293 e. The predicted octanol–water partition coefficient (Wildman–Crippen LogP) is 7.03. The second-order valence-electron chi connectivity index (χ2n) is 8.64. The van der Waals surface area contributed by atoms with E-state index in [0.29, 0.717) is 0 Å². The second kappa shape index (κ2) is 7.46. The number of para-hydroxylation sites is 3. The molecule has 0 saturated heterocycles. The molecule has 0 spiro atoms. The van der Waals surface area contributed by atoms with Crippen LogP contribution in [0.2, 0.25) is 0 Å². The van der Waals surface area contributed by atoms with E-state index in [4.69, 9.17) is 0 Å². The van der Waals surface area contributed by atoms with E-state index in [-0.39, 0.29) is 0 Å². The lowest BCUT2D eigenvalue weighted by atomic mass is 10.0. The van der Waals surface area contributed by atoms with E-state index < -0.39 is 0 Å². The van der Waals surface area contributed by atoms with Crippen LogP contribution < -0.4 is 4.57 Å². The summed E-state index contributed by atoms with van der Waals surface area (Å²) in [6.07, 6.45) is 0. The van der Waals surface area contributed by atoms with Gasteiger partial charge >= 0.3 is 0 Å². The van der Waals surface area contributed by atoms with E-state index in [1.54, 1.807) is 0 Å². The van der Waals surface area contributed by atoms with Gasteiger partial charge in [-0.05, 0) is 31.5 Å². The first kappa shape index (κ1) is 20.0. The van der Waals surface area contributed by atoms with Gasteiger partial charge in [-0.2, -0.15) is 0 Å². The number of benzene rings is 3. The molecule has 3 nitrogen and oxygen atoms in total. The van der Waals surface area contributed by atoms with Crippen molar-refractivity contribution in [3.05, 3.63) is 101 Å². The van der Waals surface area contributed by atoms with Gasteiger partial charge < -0.3 is 4.57 Å². The fourth-order valence-corrected chi connectivity index (χ4v) is 6.29. The Balaban J connectivity index is 1.83. The van der Waals surface area contributed by atoms with Crippen LogP contribution in [0, 0.1) is 20.8 Å². The molecule has 3 aromatic heterocycles. The lowest BCUT2D eigenvalue weighted by Crippen LogP contribution is -2.34. The van der Waals surface area contributed by atoms with Crippen LogP contribution in [0.25, 0.3) is 44.2 Å². The summed E-state index contributed by atoms with van der Waals surface area (Å²) in [5.74, 6) is 0. The van der Waals surface area contributed by atoms with E-state index in [1.165, 1.54) is 60.3 Å². The van der Waals surface area contributed by atoms with Crippen LogP contribution >= 0.6 is 11.3 Å². The summed E-state index contributed by atoms with van der Waals surface area (Å²) in [4.78, 5) is 1.33. The molecule has 0 fully saturated rings. The quantitative estimate of drug-likeness (QED) is 0.258. The minimum Gasteiger partial charge on any atom is -0.329 e. The Bertz CT molecular complexity index is 1630. The number of fused-ring (bicyclic) bond motifs is 3. The average molecular weight is 449 g/mol. The first-order valence-corrected chi connectivity index (χ1v) is 12.1. The standard InChI is InChI=1S/C29H26N3S/c1-19-26(22-13-7-5-8-14-22)27(32-25-18-12-11-17-24(25)30(4)28(19)32)29-31(20(2)21(3)33-29)23-15-9-6-10-16-23/h5-18H,1-4H3/q+1. The summed E-state index contributed by atoms with van der Waals surface area (Å²) in [7, 11) is 2.18. The van der Waals surface area contributed by atoms with Crippen LogP contribution in [0.3, 0.4) is 0 Å². The van der Waals surface area contributed by atoms with Crippen LogP contribution in [0.1, 0.15) is 16.1 Å². The first-order chi connectivity index (χ1) is 16.1. The molecule has 33 heavy (non-hydrogen) atoms. The molecule has 0 N–H and O–H groups in total. The van der Waals surface area contributed by atoms with E-state index in [2.05, 4.69) is 126 Å². The SMILES string of the molecule is Cc1sc(-c2c(-c3ccccc3)c(C)c3n(C)c4ccccc4n23)[n+](-c2ccccc2)c1C. The van der Waals surface area contributed by atoms with Crippen molar-refractivity contribution >= 4 is 28.0 Å². The fraction of sp³-hybridized carbons (Fsp3) is 0.138. The zero-order valence-electron chi connectivity index (χ0n) is 19.3. The fourth-order valence-electron chi connectivity index (χ4n) is 5.14. The average Bonchev–Trinajstić information content (AvgIpc) is 3.43. The highest BCUT2D eigenvalue weighted by Crippen LogP contribution is 2.43. The molecule has 0 radical (unpaired) electrons. The molecule has 0 aliphatic carbocycles. The van der Waals surface area contributed by atoms with Gasteiger partial charge in [0.15, 0.2) is 5.69 Å². The van der Waals surface area contributed by atoms with Crippen LogP contribution in [0.15, 0.2) is 84.9 Å². The van der Waals surface area contributed by atoms with Gasteiger partial charge in [-0.15, -0.1) is 4.57 Å². The molecular formula is C29H26N3S+. The van der Waals surface area contributed by atoms with Crippen molar-refractivity contribution in [2.75, 3.05) is 0 Å². The number of rotatable bonds is 3. The number of imidazole rings is 1. The molecule has 0 amide bonds. The zero-order valence-corrected chi connectivity index (χ0v) is 20.1. The number of aryl methyl sites for hydroxylation is 3. The summed E-state index contributed by atoms with van der Waals surface area (Å²) in [5.41, 5.74) is 11.3. The minimum absolute atomic E-state index is 1.20. The third kappa shape index (κ3) is 2.84. The van der Waals surface area contributed by atoms with Crippen LogP contribution in [-0.4, -0.2) is 8.97 Å². The first-order valence-electron chi connectivity index (χ1n) is 11.3. The zero-order chi connectivity index (χ0) is 22.7. The van der Waals surface area contributed by atoms with Crippen molar-refractivity contribution < 1.29 is 4.57 Å². The number of hydrogen-bond acceptors (Lipinski definition) is 1. The summed E-state index contributed by atoms with van der Waals surface area (Å²) < 4.78 is 7.23. The Morgan fingerprint density at radius 3 is 2.03 bits per heavy atom. The summed E-state index contributed by atoms with van der Waals surface area (Å²) >= 11 is 1.88. The number of aromatic nitrogens is 3. The molecule has 3 aromatic carbocycles. The number of thiazole rings is 1. The maximum atomic E-state index is 2.47. The van der Waals surface area contributed by atoms with E-state index in [0.717, 1.165) is 0 Å². The molecule has 0 atom stereocenters. The Kier molecular flexibility index (Phi) is 4.52. The number of hydrogen-bond donors (Lipinski definition) is 0. The molecule has 0 unspecified atom stereocenters. The third-order valence-electron chi connectivity index (χ3n) is 6.76. The Labute approximate surface area is 197 Å². The molecule has 0 bridgehead atoms. The highest BCUT2D eigenvalue weighted by molar-refractivity contribution is 7.14.